The van der Waals surface area contributed by atoms with Crippen molar-refractivity contribution in [2.75, 3.05) is 7.11 Å². The van der Waals surface area contributed by atoms with Gasteiger partial charge < -0.3 is 19.6 Å². The SMILES string of the molecule is COc1ccc(-c2coc3cc(OC(=O)C(C)N)ccc3c2=O)cc1. The molecule has 2 aromatic carbocycles. The van der Waals surface area contributed by atoms with E-state index in [0.717, 1.165) is 5.56 Å². The van der Waals surface area contributed by atoms with Crippen LogP contribution in [0.2, 0.25) is 0 Å². The first-order valence-electron chi connectivity index (χ1n) is 7.67. The highest BCUT2D eigenvalue weighted by Gasteiger charge is 2.13. The number of hydrogen-bond donors (Lipinski definition) is 1. The maximum absolute atomic E-state index is 12.7. The van der Waals surface area contributed by atoms with E-state index in [1.165, 1.54) is 25.3 Å². The molecule has 1 atom stereocenters. The Morgan fingerprint density at radius 1 is 1.12 bits per heavy atom. The molecule has 2 N–H and O–H groups in total. The molecule has 128 valence electrons. The number of rotatable bonds is 4. The first-order chi connectivity index (χ1) is 12.0. The molecule has 0 bridgehead atoms. The Hall–Kier alpha value is -3.12. The van der Waals surface area contributed by atoms with E-state index in [0.29, 0.717) is 22.3 Å². The number of ether oxygens (including phenoxy) is 2. The van der Waals surface area contributed by atoms with Gasteiger partial charge in [0.15, 0.2) is 5.43 Å². The van der Waals surface area contributed by atoms with Crippen LogP contribution in [0.1, 0.15) is 6.92 Å². The lowest BCUT2D eigenvalue weighted by Crippen LogP contribution is -2.30. The van der Waals surface area contributed by atoms with Gasteiger partial charge >= 0.3 is 5.97 Å². The maximum atomic E-state index is 12.7. The van der Waals surface area contributed by atoms with Crippen molar-refractivity contribution in [2.24, 2.45) is 5.73 Å². The van der Waals surface area contributed by atoms with Crippen molar-refractivity contribution in [1.82, 2.24) is 0 Å². The number of methoxy groups -OCH3 is 1. The Morgan fingerprint density at radius 3 is 2.44 bits per heavy atom. The molecular weight excluding hydrogens is 322 g/mol. The van der Waals surface area contributed by atoms with Crippen LogP contribution in [0.25, 0.3) is 22.1 Å². The summed E-state index contributed by atoms with van der Waals surface area (Å²) in [5.74, 6) is 0.418. The number of fused-ring (bicyclic) bond motifs is 1. The molecule has 1 heterocycles. The first-order valence-corrected chi connectivity index (χ1v) is 7.67. The van der Waals surface area contributed by atoms with Crippen molar-refractivity contribution < 1.29 is 18.7 Å². The van der Waals surface area contributed by atoms with Crippen LogP contribution >= 0.6 is 0 Å². The van der Waals surface area contributed by atoms with Crippen LogP contribution in [0.15, 0.2) is 57.9 Å². The average Bonchev–Trinajstić information content (AvgIpc) is 2.62. The molecule has 1 unspecified atom stereocenters. The molecule has 3 rings (SSSR count). The van der Waals surface area contributed by atoms with E-state index < -0.39 is 12.0 Å². The van der Waals surface area contributed by atoms with Crippen molar-refractivity contribution in [3.63, 3.8) is 0 Å². The summed E-state index contributed by atoms with van der Waals surface area (Å²) in [5.41, 5.74) is 6.80. The molecule has 6 nitrogen and oxygen atoms in total. The van der Waals surface area contributed by atoms with Crippen LogP contribution in [-0.2, 0) is 4.79 Å². The number of benzene rings is 2. The van der Waals surface area contributed by atoms with Gasteiger partial charge in [0.1, 0.15) is 29.4 Å². The quantitative estimate of drug-likeness (QED) is 0.580. The number of nitrogens with two attached hydrogens (primary N) is 1. The topological polar surface area (TPSA) is 91.8 Å². The van der Waals surface area contributed by atoms with Crippen molar-refractivity contribution in [3.8, 4) is 22.6 Å². The molecule has 0 amide bonds. The Kier molecular flexibility index (Phi) is 4.54. The second kappa shape index (κ2) is 6.78. The molecule has 6 heteroatoms. The standard InChI is InChI=1S/C19H17NO5/c1-11(20)19(22)25-14-7-8-15-17(9-14)24-10-16(18(15)21)12-3-5-13(23-2)6-4-12/h3-11H,20H2,1-2H3. The van der Waals surface area contributed by atoms with Gasteiger partial charge in [-0.1, -0.05) is 12.1 Å². The molecule has 0 aliphatic heterocycles. The molecule has 0 saturated carbocycles. The Morgan fingerprint density at radius 2 is 1.80 bits per heavy atom. The third kappa shape index (κ3) is 3.39. The Bertz CT molecular complexity index is 973. The number of hydrogen-bond acceptors (Lipinski definition) is 6. The summed E-state index contributed by atoms with van der Waals surface area (Å²) < 4.78 is 15.8. The van der Waals surface area contributed by atoms with Crippen molar-refractivity contribution in [2.45, 2.75) is 13.0 Å². The number of carbonyl (C=O) groups is 1. The van der Waals surface area contributed by atoms with Gasteiger partial charge in [-0.05, 0) is 36.8 Å². The van der Waals surface area contributed by atoms with Gasteiger partial charge in [0, 0.05) is 6.07 Å². The number of carbonyl (C=O) groups excluding carboxylic acids is 1. The Labute approximate surface area is 143 Å². The van der Waals surface area contributed by atoms with Crippen molar-refractivity contribution >= 4 is 16.9 Å². The summed E-state index contributed by atoms with van der Waals surface area (Å²) in [6.07, 6.45) is 1.39. The van der Waals surface area contributed by atoms with Gasteiger partial charge in [-0.25, -0.2) is 4.79 Å². The molecule has 0 radical (unpaired) electrons. The third-order valence-electron chi connectivity index (χ3n) is 3.74. The zero-order valence-corrected chi connectivity index (χ0v) is 13.8. The van der Waals surface area contributed by atoms with Crippen molar-refractivity contribution in [1.29, 1.82) is 0 Å². The molecule has 0 saturated heterocycles. The second-order valence-corrected chi connectivity index (χ2v) is 5.57. The minimum absolute atomic E-state index is 0.170. The van der Waals surface area contributed by atoms with Crippen molar-refractivity contribution in [3.05, 3.63) is 59.0 Å². The minimum atomic E-state index is -0.736. The lowest BCUT2D eigenvalue weighted by molar-refractivity contribution is -0.135. The van der Waals surface area contributed by atoms with Gasteiger partial charge in [-0.3, -0.25) is 4.79 Å². The van der Waals surface area contributed by atoms with Gasteiger partial charge in [0.2, 0.25) is 0 Å². The monoisotopic (exact) mass is 339 g/mol. The zero-order valence-electron chi connectivity index (χ0n) is 13.8. The summed E-state index contributed by atoms with van der Waals surface area (Å²) in [6, 6.07) is 11.0. The van der Waals surface area contributed by atoms with Crippen LogP contribution in [0.3, 0.4) is 0 Å². The fraction of sp³-hybridized carbons (Fsp3) is 0.158. The highest BCUT2D eigenvalue weighted by Crippen LogP contribution is 2.24. The fourth-order valence-corrected chi connectivity index (χ4v) is 2.35. The Balaban J connectivity index is 2.00. The smallest absolute Gasteiger partial charge is 0.328 e. The van der Waals surface area contributed by atoms with Crippen LogP contribution < -0.4 is 20.6 Å². The summed E-state index contributed by atoms with van der Waals surface area (Å²) >= 11 is 0. The minimum Gasteiger partial charge on any atom is -0.497 e. The highest BCUT2D eigenvalue weighted by molar-refractivity contribution is 5.84. The van der Waals surface area contributed by atoms with E-state index in [-0.39, 0.29) is 11.2 Å². The third-order valence-corrected chi connectivity index (χ3v) is 3.74. The largest absolute Gasteiger partial charge is 0.497 e. The van der Waals surface area contributed by atoms with Gasteiger partial charge in [-0.15, -0.1) is 0 Å². The molecular formula is C19H17NO5. The molecule has 0 fully saturated rings. The molecule has 0 aliphatic rings. The molecule has 0 spiro atoms. The molecule has 1 aromatic heterocycles. The zero-order chi connectivity index (χ0) is 18.0. The van der Waals surface area contributed by atoms with E-state index in [2.05, 4.69) is 0 Å². The van der Waals surface area contributed by atoms with E-state index >= 15 is 0 Å². The van der Waals surface area contributed by atoms with Crippen LogP contribution in [0.4, 0.5) is 0 Å². The summed E-state index contributed by atoms with van der Waals surface area (Å²) in [4.78, 5) is 24.3. The fourth-order valence-electron chi connectivity index (χ4n) is 2.35. The predicted octanol–water partition coefficient (Wildman–Crippen LogP) is 2.72. The normalized spacial score (nSPS) is 12.0. The van der Waals surface area contributed by atoms with E-state index in [1.54, 1.807) is 37.4 Å². The van der Waals surface area contributed by atoms with Gasteiger partial charge in [0.05, 0.1) is 18.1 Å². The van der Waals surface area contributed by atoms with Gasteiger partial charge in [0.25, 0.3) is 0 Å². The summed E-state index contributed by atoms with van der Waals surface area (Å²) in [6.45, 7) is 1.53. The lowest BCUT2D eigenvalue weighted by Gasteiger charge is -2.08. The summed E-state index contributed by atoms with van der Waals surface area (Å²) in [5, 5.41) is 0.397. The molecule has 3 aromatic rings. The molecule has 0 aliphatic carbocycles. The highest BCUT2D eigenvalue weighted by atomic mass is 16.5. The average molecular weight is 339 g/mol. The van der Waals surface area contributed by atoms with E-state index in [4.69, 9.17) is 19.6 Å². The molecule has 25 heavy (non-hydrogen) atoms. The van der Waals surface area contributed by atoms with E-state index in [1.807, 2.05) is 0 Å². The predicted molar refractivity (Wildman–Crippen MR) is 93.8 cm³/mol. The van der Waals surface area contributed by atoms with Crippen LogP contribution in [0, 0.1) is 0 Å². The number of esters is 1. The van der Waals surface area contributed by atoms with E-state index in [9.17, 15) is 9.59 Å². The first kappa shape index (κ1) is 16.7. The van der Waals surface area contributed by atoms with Crippen LogP contribution in [-0.4, -0.2) is 19.1 Å². The van der Waals surface area contributed by atoms with Crippen LogP contribution in [0.5, 0.6) is 11.5 Å². The summed E-state index contributed by atoms with van der Waals surface area (Å²) in [7, 11) is 1.58. The van der Waals surface area contributed by atoms with Gasteiger partial charge in [-0.2, -0.15) is 0 Å². The lowest BCUT2D eigenvalue weighted by atomic mass is 10.1. The maximum Gasteiger partial charge on any atom is 0.328 e. The second-order valence-electron chi connectivity index (χ2n) is 5.57.